The molecule has 90 valence electrons. The third-order valence-electron chi connectivity index (χ3n) is 3.10. The van der Waals surface area contributed by atoms with E-state index in [9.17, 15) is 4.79 Å². The molecule has 18 heavy (non-hydrogen) atoms. The highest BCUT2D eigenvalue weighted by Gasteiger charge is 2.30. The van der Waals surface area contributed by atoms with E-state index in [0.717, 1.165) is 22.4 Å². The van der Waals surface area contributed by atoms with Crippen LogP contribution in [-0.2, 0) is 4.79 Å². The zero-order valence-electron chi connectivity index (χ0n) is 10.0. The Morgan fingerprint density at radius 3 is 2.56 bits per heavy atom. The topological polar surface area (TPSA) is 20.3 Å². The minimum absolute atomic E-state index is 0.186. The summed E-state index contributed by atoms with van der Waals surface area (Å²) in [5.41, 5.74) is 3.39. The first-order valence-electron chi connectivity index (χ1n) is 5.87. The lowest BCUT2D eigenvalue weighted by Crippen LogP contribution is -2.17. The molecular formula is C15H13NOS. The van der Waals surface area contributed by atoms with E-state index in [-0.39, 0.29) is 6.04 Å². The first kappa shape index (κ1) is 11.4. The lowest BCUT2D eigenvalue weighted by molar-refractivity contribution is -0.108. The molecule has 0 saturated heterocycles. The fourth-order valence-electron chi connectivity index (χ4n) is 2.13. The average molecular weight is 255 g/mol. The van der Waals surface area contributed by atoms with E-state index in [1.807, 2.05) is 18.2 Å². The molecule has 0 bridgehead atoms. The summed E-state index contributed by atoms with van der Waals surface area (Å²) in [7, 11) is 0. The fourth-order valence-corrected chi connectivity index (χ4v) is 3.28. The number of carbonyl (C=O) groups is 1. The van der Waals surface area contributed by atoms with Crippen LogP contribution in [-0.4, -0.2) is 6.29 Å². The third kappa shape index (κ3) is 1.81. The molecule has 1 aliphatic heterocycles. The van der Waals surface area contributed by atoms with Gasteiger partial charge in [-0.3, -0.25) is 4.31 Å². The van der Waals surface area contributed by atoms with Crippen LogP contribution in [0.1, 0.15) is 17.2 Å². The monoisotopic (exact) mass is 255 g/mol. The van der Waals surface area contributed by atoms with Crippen molar-refractivity contribution in [3.8, 4) is 0 Å². The van der Waals surface area contributed by atoms with Gasteiger partial charge < -0.3 is 4.79 Å². The Morgan fingerprint density at radius 1 is 1.11 bits per heavy atom. The Kier molecular flexibility index (Phi) is 2.84. The Labute approximate surface area is 111 Å². The van der Waals surface area contributed by atoms with Gasteiger partial charge in [0.2, 0.25) is 0 Å². The Morgan fingerprint density at radius 2 is 1.83 bits per heavy atom. The van der Waals surface area contributed by atoms with E-state index in [1.165, 1.54) is 5.56 Å². The molecule has 3 rings (SSSR count). The molecule has 0 saturated carbocycles. The van der Waals surface area contributed by atoms with Crippen LogP contribution in [0.25, 0.3) is 0 Å². The van der Waals surface area contributed by atoms with Crippen LogP contribution in [0.3, 0.4) is 0 Å². The number of anilines is 1. The first-order chi connectivity index (χ1) is 8.79. The van der Waals surface area contributed by atoms with Crippen molar-refractivity contribution in [3.63, 3.8) is 0 Å². The molecule has 2 nitrogen and oxygen atoms in total. The van der Waals surface area contributed by atoms with E-state index in [2.05, 4.69) is 41.6 Å². The molecule has 0 spiro atoms. The summed E-state index contributed by atoms with van der Waals surface area (Å²) in [5, 5.41) is 0. The van der Waals surface area contributed by atoms with E-state index in [1.54, 1.807) is 11.9 Å². The number of aryl methyl sites for hydroxylation is 1. The van der Waals surface area contributed by atoms with Gasteiger partial charge in [-0.2, -0.15) is 0 Å². The number of aldehydes is 1. The van der Waals surface area contributed by atoms with Crippen LogP contribution in [0.4, 0.5) is 5.69 Å². The summed E-state index contributed by atoms with van der Waals surface area (Å²) in [6.07, 6.45) is 1.01. The number of benzene rings is 2. The third-order valence-corrected chi connectivity index (χ3v) is 4.31. The molecule has 1 atom stereocenters. The second-order valence-electron chi connectivity index (χ2n) is 4.37. The number of hydrogen-bond acceptors (Lipinski definition) is 3. The summed E-state index contributed by atoms with van der Waals surface area (Å²) in [4.78, 5) is 12.5. The molecule has 2 aromatic rings. The molecule has 0 radical (unpaired) electrons. The molecule has 3 heteroatoms. The zero-order valence-corrected chi connectivity index (χ0v) is 10.9. The van der Waals surface area contributed by atoms with Crippen LogP contribution in [0.5, 0.6) is 0 Å². The van der Waals surface area contributed by atoms with Gasteiger partial charge in [0, 0.05) is 10.6 Å². The van der Waals surface area contributed by atoms with Crippen LogP contribution < -0.4 is 4.31 Å². The summed E-state index contributed by atoms with van der Waals surface area (Å²) in [5.74, 6) is 0. The van der Waals surface area contributed by atoms with Crippen LogP contribution in [0.2, 0.25) is 0 Å². The first-order valence-corrected chi connectivity index (χ1v) is 6.65. The smallest absolute Gasteiger partial charge is 0.148 e. The highest BCUT2D eigenvalue weighted by atomic mass is 32.2. The second kappa shape index (κ2) is 4.50. The molecule has 0 aliphatic carbocycles. The van der Waals surface area contributed by atoms with E-state index >= 15 is 0 Å². The molecule has 0 fully saturated rings. The highest BCUT2D eigenvalue weighted by Crippen LogP contribution is 2.45. The van der Waals surface area contributed by atoms with Crippen molar-refractivity contribution in [3.05, 3.63) is 59.7 Å². The molecule has 1 aliphatic rings. The van der Waals surface area contributed by atoms with Gasteiger partial charge in [-0.15, -0.1) is 0 Å². The SMILES string of the molecule is Cc1ccc(N2Sc3ccccc3C2C=O)cc1. The van der Waals surface area contributed by atoms with Gasteiger partial charge in [-0.1, -0.05) is 35.9 Å². The van der Waals surface area contributed by atoms with Gasteiger partial charge in [0.05, 0.1) is 0 Å². The largest absolute Gasteiger partial charge is 0.301 e. The Bertz CT molecular complexity index is 579. The summed E-state index contributed by atoms with van der Waals surface area (Å²) >= 11 is 1.63. The van der Waals surface area contributed by atoms with E-state index < -0.39 is 0 Å². The number of carbonyl (C=O) groups excluding carboxylic acids is 1. The zero-order chi connectivity index (χ0) is 12.5. The van der Waals surface area contributed by atoms with E-state index in [0.29, 0.717) is 0 Å². The minimum atomic E-state index is -0.186. The number of nitrogens with zero attached hydrogens (tertiary/aromatic N) is 1. The Hall–Kier alpha value is -1.74. The summed E-state index contributed by atoms with van der Waals surface area (Å²) in [6.45, 7) is 2.06. The quantitative estimate of drug-likeness (QED) is 0.602. The molecule has 2 aromatic carbocycles. The molecule has 0 amide bonds. The van der Waals surface area contributed by atoms with Crippen molar-refractivity contribution in [1.29, 1.82) is 0 Å². The van der Waals surface area contributed by atoms with Crippen molar-refractivity contribution in [2.24, 2.45) is 0 Å². The Balaban J connectivity index is 2.00. The molecule has 0 N–H and O–H groups in total. The van der Waals surface area contributed by atoms with Crippen molar-refractivity contribution >= 4 is 23.9 Å². The maximum atomic E-state index is 11.4. The number of fused-ring (bicyclic) bond motifs is 1. The van der Waals surface area contributed by atoms with Gasteiger partial charge >= 0.3 is 0 Å². The van der Waals surface area contributed by atoms with Crippen molar-refractivity contribution in [1.82, 2.24) is 0 Å². The summed E-state index contributed by atoms with van der Waals surface area (Å²) < 4.78 is 2.07. The maximum absolute atomic E-state index is 11.4. The van der Waals surface area contributed by atoms with E-state index in [4.69, 9.17) is 0 Å². The molecular weight excluding hydrogens is 242 g/mol. The van der Waals surface area contributed by atoms with Crippen molar-refractivity contribution in [2.75, 3.05) is 4.31 Å². The summed E-state index contributed by atoms with van der Waals surface area (Å²) in [6, 6.07) is 16.1. The minimum Gasteiger partial charge on any atom is -0.301 e. The molecule has 1 heterocycles. The molecule has 1 unspecified atom stereocenters. The predicted octanol–water partition coefficient (Wildman–Crippen LogP) is 3.76. The predicted molar refractivity (Wildman–Crippen MR) is 74.8 cm³/mol. The standard InChI is InChI=1S/C15H13NOS/c1-11-6-8-12(9-7-11)16-14(10-17)13-4-2-3-5-15(13)18-16/h2-10,14H,1H3. The van der Waals surface area contributed by atoms with Crippen LogP contribution >= 0.6 is 11.9 Å². The average Bonchev–Trinajstić information content (AvgIpc) is 2.78. The van der Waals surface area contributed by atoms with Gasteiger partial charge in [0.1, 0.15) is 12.3 Å². The van der Waals surface area contributed by atoms with Gasteiger partial charge in [0.15, 0.2) is 0 Å². The molecule has 0 aromatic heterocycles. The van der Waals surface area contributed by atoms with Gasteiger partial charge in [-0.05, 0) is 42.6 Å². The highest BCUT2D eigenvalue weighted by molar-refractivity contribution is 8.01. The van der Waals surface area contributed by atoms with Crippen LogP contribution in [0.15, 0.2) is 53.4 Å². The van der Waals surface area contributed by atoms with Gasteiger partial charge in [-0.25, -0.2) is 0 Å². The lowest BCUT2D eigenvalue weighted by atomic mass is 10.1. The maximum Gasteiger partial charge on any atom is 0.148 e. The fraction of sp³-hybridized carbons (Fsp3) is 0.133. The van der Waals surface area contributed by atoms with Crippen molar-refractivity contribution < 1.29 is 4.79 Å². The number of hydrogen-bond donors (Lipinski definition) is 0. The van der Waals surface area contributed by atoms with Crippen LogP contribution in [0, 0.1) is 6.92 Å². The van der Waals surface area contributed by atoms with Crippen molar-refractivity contribution in [2.45, 2.75) is 17.9 Å². The number of rotatable bonds is 2. The lowest BCUT2D eigenvalue weighted by Gasteiger charge is -2.21. The normalized spacial score (nSPS) is 17.6. The second-order valence-corrected chi connectivity index (χ2v) is 5.39. The van der Waals surface area contributed by atoms with Gasteiger partial charge in [0.25, 0.3) is 0 Å².